The Morgan fingerprint density at radius 1 is 1.57 bits per heavy atom. The molecule has 0 aliphatic carbocycles. The fourth-order valence-corrected chi connectivity index (χ4v) is 1.54. The summed E-state index contributed by atoms with van der Waals surface area (Å²) in [7, 11) is 0. The predicted octanol–water partition coefficient (Wildman–Crippen LogP) is 1.60. The van der Waals surface area contributed by atoms with E-state index in [2.05, 4.69) is 38.3 Å². The molecule has 0 spiro atoms. The number of rotatable bonds is 3. The Morgan fingerprint density at radius 2 is 2.43 bits per heavy atom. The zero-order valence-electron chi connectivity index (χ0n) is 7.87. The second-order valence-electron chi connectivity index (χ2n) is 2.99. The molecule has 0 radical (unpaired) electrons. The topological polar surface area (TPSA) is 42.2 Å². The molecule has 2 aromatic rings. The third kappa shape index (κ3) is 1.93. The van der Waals surface area contributed by atoms with Gasteiger partial charge in [-0.05, 0) is 22.5 Å². The van der Waals surface area contributed by atoms with Crippen LogP contribution in [-0.2, 0) is 6.54 Å². The van der Waals surface area contributed by atoms with Crippen LogP contribution in [0.2, 0.25) is 0 Å². The fourth-order valence-electron chi connectivity index (χ4n) is 1.24. The number of hydrogen-bond donors (Lipinski definition) is 1. The number of nitrogens with zero attached hydrogens (tertiary/aromatic N) is 3. The number of halogens is 1. The molecule has 0 saturated carbocycles. The van der Waals surface area contributed by atoms with Crippen LogP contribution in [0.15, 0.2) is 22.9 Å². The summed E-state index contributed by atoms with van der Waals surface area (Å²) < 4.78 is 2.71. The molecule has 4 nitrogen and oxygen atoms in total. The first-order chi connectivity index (χ1) is 6.79. The van der Waals surface area contributed by atoms with Gasteiger partial charge in [-0.25, -0.2) is 9.50 Å². The molecule has 0 aliphatic heterocycles. The van der Waals surface area contributed by atoms with Gasteiger partial charge in [0.15, 0.2) is 5.65 Å². The molecule has 0 saturated heterocycles. The molecular formula is C9H11BrN4. The normalized spacial score (nSPS) is 11.0. The van der Waals surface area contributed by atoms with Crippen LogP contribution in [0.4, 0.5) is 0 Å². The molecule has 0 amide bonds. The monoisotopic (exact) mass is 254 g/mol. The van der Waals surface area contributed by atoms with Gasteiger partial charge in [-0.15, -0.1) is 0 Å². The van der Waals surface area contributed by atoms with Crippen LogP contribution in [0.1, 0.15) is 12.6 Å². The van der Waals surface area contributed by atoms with E-state index in [1.165, 1.54) is 0 Å². The molecule has 0 fully saturated rings. The molecule has 14 heavy (non-hydrogen) atoms. The van der Waals surface area contributed by atoms with Crippen molar-refractivity contribution in [2.45, 2.75) is 13.5 Å². The van der Waals surface area contributed by atoms with Gasteiger partial charge in [0.2, 0.25) is 0 Å². The van der Waals surface area contributed by atoms with Crippen LogP contribution in [0, 0.1) is 0 Å². The smallest absolute Gasteiger partial charge is 0.155 e. The fraction of sp³-hybridized carbons (Fsp3) is 0.333. The maximum Gasteiger partial charge on any atom is 0.155 e. The summed E-state index contributed by atoms with van der Waals surface area (Å²) >= 11 is 3.36. The first kappa shape index (κ1) is 9.61. The minimum atomic E-state index is 0.789. The van der Waals surface area contributed by atoms with Gasteiger partial charge in [0, 0.05) is 25.0 Å². The average Bonchev–Trinajstić information content (AvgIpc) is 2.56. The van der Waals surface area contributed by atoms with Crippen molar-refractivity contribution in [2.24, 2.45) is 0 Å². The summed E-state index contributed by atoms with van der Waals surface area (Å²) in [6.07, 6.45) is 3.67. The van der Waals surface area contributed by atoms with Crippen molar-refractivity contribution in [3.8, 4) is 0 Å². The molecule has 0 atom stereocenters. The van der Waals surface area contributed by atoms with Crippen molar-refractivity contribution >= 4 is 21.6 Å². The highest BCUT2D eigenvalue weighted by Gasteiger charge is 2.01. The van der Waals surface area contributed by atoms with Gasteiger partial charge in [-0.1, -0.05) is 6.92 Å². The van der Waals surface area contributed by atoms with E-state index in [1.54, 1.807) is 10.7 Å². The highest BCUT2D eigenvalue weighted by atomic mass is 79.9. The van der Waals surface area contributed by atoms with Crippen molar-refractivity contribution in [3.63, 3.8) is 0 Å². The van der Waals surface area contributed by atoms with Crippen molar-refractivity contribution in [3.05, 3.63) is 28.6 Å². The third-order valence-corrected chi connectivity index (χ3v) is 2.30. The SMILES string of the molecule is CCNCc1cc2ncc(Br)cn2n1. The maximum absolute atomic E-state index is 4.37. The summed E-state index contributed by atoms with van der Waals surface area (Å²) in [5.41, 5.74) is 1.89. The molecule has 5 heteroatoms. The maximum atomic E-state index is 4.37. The molecule has 0 unspecified atom stereocenters. The minimum absolute atomic E-state index is 0.789. The summed E-state index contributed by atoms with van der Waals surface area (Å²) in [5, 5.41) is 7.60. The van der Waals surface area contributed by atoms with Gasteiger partial charge in [0.25, 0.3) is 0 Å². The molecule has 2 aromatic heterocycles. The Bertz CT molecular complexity index is 437. The van der Waals surface area contributed by atoms with E-state index in [-0.39, 0.29) is 0 Å². The Labute approximate surface area is 90.5 Å². The summed E-state index contributed by atoms with van der Waals surface area (Å²) in [6, 6.07) is 1.98. The highest BCUT2D eigenvalue weighted by molar-refractivity contribution is 9.10. The Morgan fingerprint density at radius 3 is 3.21 bits per heavy atom. The largest absolute Gasteiger partial charge is 0.311 e. The lowest BCUT2D eigenvalue weighted by atomic mass is 10.4. The zero-order chi connectivity index (χ0) is 9.97. The molecule has 0 aliphatic rings. The Hall–Kier alpha value is -0.940. The quantitative estimate of drug-likeness (QED) is 0.905. The van der Waals surface area contributed by atoms with Crippen LogP contribution in [-0.4, -0.2) is 21.1 Å². The first-order valence-electron chi connectivity index (χ1n) is 4.50. The number of hydrogen-bond acceptors (Lipinski definition) is 3. The van der Waals surface area contributed by atoms with Crippen LogP contribution in [0.3, 0.4) is 0 Å². The molecule has 1 N–H and O–H groups in total. The molecule has 2 heterocycles. The lowest BCUT2D eigenvalue weighted by Crippen LogP contribution is -2.12. The van der Waals surface area contributed by atoms with E-state index in [0.29, 0.717) is 0 Å². The zero-order valence-corrected chi connectivity index (χ0v) is 9.45. The minimum Gasteiger partial charge on any atom is -0.311 e. The van der Waals surface area contributed by atoms with Gasteiger partial charge >= 0.3 is 0 Å². The predicted molar refractivity (Wildman–Crippen MR) is 58.1 cm³/mol. The molecular weight excluding hydrogens is 244 g/mol. The van der Waals surface area contributed by atoms with E-state index in [1.807, 2.05) is 12.3 Å². The summed E-state index contributed by atoms with van der Waals surface area (Å²) in [6.45, 7) is 3.81. The molecule has 0 aromatic carbocycles. The molecule has 74 valence electrons. The Balaban J connectivity index is 2.32. The first-order valence-corrected chi connectivity index (χ1v) is 5.29. The van der Waals surface area contributed by atoms with E-state index < -0.39 is 0 Å². The lowest BCUT2D eigenvalue weighted by molar-refractivity contribution is 0.701. The lowest BCUT2D eigenvalue weighted by Gasteiger charge is -1.94. The van der Waals surface area contributed by atoms with Crippen molar-refractivity contribution in [2.75, 3.05) is 6.54 Å². The summed E-state index contributed by atoms with van der Waals surface area (Å²) in [4.78, 5) is 4.24. The Kier molecular flexibility index (Phi) is 2.79. The highest BCUT2D eigenvalue weighted by Crippen LogP contribution is 2.09. The van der Waals surface area contributed by atoms with E-state index in [0.717, 1.165) is 28.9 Å². The van der Waals surface area contributed by atoms with Crippen LogP contribution in [0.5, 0.6) is 0 Å². The summed E-state index contributed by atoms with van der Waals surface area (Å²) in [5.74, 6) is 0. The standard InChI is InChI=1S/C9H11BrN4/c1-2-11-5-8-3-9-12-4-7(10)6-14(9)13-8/h3-4,6,11H,2,5H2,1H3. The second kappa shape index (κ2) is 4.06. The third-order valence-electron chi connectivity index (χ3n) is 1.89. The van der Waals surface area contributed by atoms with Gasteiger partial charge in [-0.3, -0.25) is 0 Å². The molecule has 2 rings (SSSR count). The van der Waals surface area contributed by atoms with Crippen molar-refractivity contribution in [1.29, 1.82) is 0 Å². The average molecular weight is 255 g/mol. The molecule has 0 bridgehead atoms. The number of fused-ring (bicyclic) bond motifs is 1. The van der Waals surface area contributed by atoms with E-state index >= 15 is 0 Å². The van der Waals surface area contributed by atoms with Crippen molar-refractivity contribution in [1.82, 2.24) is 19.9 Å². The van der Waals surface area contributed by atoms with Gasteiger partial charge < -0.3 is 5.32 Å². The van der Waals surface area contributed by atoms with Gasteiger partial charge in [0.1, 0.15) is 0 Å². The number of aromatic nitrogens is 3. The van der Waals surface area contributed by atoms with Crippen LogP contribution >= 0.6 is 15.9 Å². The second-order valence-corrected chi connectivity index (χ2v) is 3.91. The number of nitrogens with one attached hydrogen (secondary N) is 1. The van der Waals surface area contributed by atoms with E-state index in [4.69, 9.17) is 0 Å². The van der Waals surface area contributed by atoms with Gasteiger partial charge in [0.05, 0.1) is 10.2 Å². The van der Waals surface area contributed by atoms with Crippen LogP contribution in [0.25, 0.3) is 5.65 Å². The van der Waals surface area contributed by atoms with Gasteiger partial charge in [-0.2, -0.15) is 5.10 Å². The van der Waals surface area contributed by atoms with Crippen LogP contribution < -0.4 is 5.32 Å². The van der Waals surface area contributed by atoms with Crippen molar-refractivity contribution < 1.29 is 0 Å². The van der Waals surface area contributed by atoms with E-state index in [9.17, 15) is 0 Å².